The van der Waals surface area contributed by atoms with E-state index in [1.54, 1.807) is 49.7 Å². The van der Waals surface area contributed by atoms with Gasteiger partial charge in [-0.2, -0.15) is 0 Å². The van der Waals surface area contributed by atoms with Gasteiger partial charge in [0.1, 0.15) is 11.4 Å². The maximum Gasteiger partial charge on any atom is 0.202 e. The van der Waals surface area contributed by atoms with Gasteiger partial charge in [0.25, 0.3) is 0 Å². The monoisotopic (exact) mass is 418 g/mol. The minimum absolute atomic E-state index is 0.104. The zero-order valence-electron chi connectivity index (χ0n) is 16.6. The van der Waals surface area contributed by atoms with E-state index in [0.717, 1.165) is 11.3 Å². The summed E-state index contributed by atoms with van der Waals surface area (Å²) >= 11 is 5.99. The number of pyridine rings is 2. The second kappa shape index (κ2) is 8.13. The van der Waals surface area contributed by atoms with Gasteiger partial charge in [-0.25, -0.2) is 4.98 Å². The summed E-state index contributed by atoms with van der Waals surface area (Å²) in [5, 5.41) is 1.06. The molecule has 0 aliphatic carbocycles. The number of hydrogen-bond acceptors (Lipinski definition) is 4. The van der Waals surface area contributed by atoms with E-state index in [-0.39, 0.29) is 16.8 Å². The van der Waals surface area contributed by atoms with Gasteiger partial charge in [0, 0.05) is 29.0 Å². The Bertz CT molecular complexity index is 1290. The minimum Gasteiger partial charge on any atom is -0.497 e. The number of hydrogen-bond donors (Lipinski definition) is 0. The van der Waals surface area contributed by atoms with E-state index in [0.29, 0.717) is 33.9 Å². The lowest BCUT2D eigenvalue weighted by atomic mass is 10.0. The SMILES string of the molecule is COc1ccc(C(=O)c2cn(Cc3ccc(Cl)cc3)c3nc(C)ccc3c2=O)cc1. The maximum atomic E-state index is 13.1. The number of rotatable bonds is 5. The van der Waals surface area contributed by atoms with Gasteiger partial charge in [0.05, 0.1) is 18.1 Å². The third-order valence-electron chi connectivity index (χ3n) is 4.92. The number of benzene rings is 2. The molecule has 6 heteroatoms. The molecule has 2 aromatic carbocycles. The Balaban J connectivity index is 1.86. The molecule has 0 aliphatic rings. The molecule has 0 bridgehead atoms. The van der Waals surface area contributed by atoms with E-state index < -0.39 is 0 Å². The van der Waals surface area contributed by atoms with Crippen molar-refractivity contribution in [2.45, 2.75) is 13.5 Å². The molecule has 0 amide bonds. The van der Waals surface area contributed by atoms with Crippen molar-refractivity contribution < 1.29 is 9.53 Å². The molecule has 0 aliphatic heterocycles. The summed E-state index contributed by atoms with van der Waals surface area (Å²) in [4.78, 5) is 30.8. The first kappa shape index (κ1) is 19.9. The highest BCUT2D eigenvalue weighted by atomic mass is 35.5. The van der Waals surface area contributed by atoms with Crippen molar-refractivity contribution in [3.05, 3.63) is 104 Å². The summed E-state index contributed by atoms with van der Waals surface area (Å²) in [5.41, 5.74) is 2.51. The van der Waals surface area contributed by atoms with Crippen LogP contribution in [0.4, 0.5) is 0 Å². The lowest BCUT2D eigenvalue weighted by Gasteiger charge is -2.13. The molecule has 0 radical (unpaired) electrons. The van der Waals surface area contributed by atoms with E-state index >= 15 is 0 Å². The highest BCUT2D eigenvalue weighted by Crippen LogP contribution is 2.18. The number of aryl methyl sites for hydroxylation is 1. The van der Waals surface area contributed by atoms with Crippen LogP contribution in [0.5, 0.6) is 5.75 Å². The molecule has 4 rings (SSSR count). The number of carbonyl (C=O) groups is 1. The van der Waals surface area contributed by atoms with Crippen LogP contribution in [0.15, 0.2) is 71.7 Å². The first-order valence-electron chi connectivity index (χ1n) is 9.40. The van der Waals surface area contributed by atoms with Crippen LogP contribution in [0.3, 0.4) is 0 Å². The predicted molar refractivity (Wildman–Crippen MR) is 118 cm³/mol. The number of ketones is 1. The van der Waals surface area contributed by atoms with Crippen molar-refractivity contribution in [3.8, 4) is 5.75 Å². The molecule has 30 heavy (non-hydrogen) atoms. The molecule has 0 saturated heterocycles. The van der Waals surface area contributed by atoms with Gasteiger partial charge in [-0.1, -0.05) is 23.7 Å². The fraction of sp³-hybridized carbons (Fsp3) is 0.125. The summed E-state index contributed by atoms with van der Waals surface area (Å²) in [6, 6.07) is 17.6. The Hall–Kier alpha value is -3.44. The maximum absolute atomic E-state index is 13.1. The van der Waals surface area contributed by atoms with Crippen LogP contribution in [0.2, 0.25) is 5.02 Å². The standard InChI is InChI=1S/C24H19ClN2O3/c1-15-3-12-20-23(29)21(22(28)17-6-10-19(30-2)11-7-17)14-27(24(20)26-15)13-16-4-8-18(25)9-5-16/h3-12,14H,13H2,1-2H3. The van der Waals surface area contributed by atoms with Crippen LogP contribution in [0.25, 0.3) is 11.0 Å². The van der Waals surface area contributed by atoms with Gasteiger partial charge < -0.3 is 9.30 Å². The molecule has 0 saturated carbocycles. The fourth-order valence-corrected chi connectivity index (χ4v) is 3.45. The van der Waals surface area contributed by atoms with Gasteiger partial charge in [-0.3, -0.25) is 9.59 Å². The molecule has 5 nitrogen and oxygen atoms in total. The van der Waals surface area contributed by atoms with Gasteiger partial charge in [-0.05, 0) is 61.0 Å². The van der Waals surface area contributed by atoms with Crippen molar-refractivity contribution in [1.82, 2.24) is 9.55 Å². The Morgan fingerprint density at radius 1 is 1.03 bits per heavy atom. The van der Waals surface area contributed by atoms with Crippen LogP contribution in [0, 0.1) is 6.92 Å². The summed E-state index contributed by atoms with van der Waals surface area (Å²) in [6.07, 6.45) is 1.60. The quantitative estimate of drug-likeness (QED) is 0.443. The van der Waals surface area contributed by atoms with Crippen molar-refractivity contribution in [3.63, 3.8) is 0 Å². The van der Waals surface area contributed by atoms with Crippen molar-refractivity contribution in [1.29, 1.82) is 0 Å². The molecule has 0 N–H and O–H groups in total. The largest absolute Gasteiger partial charge is 0.497 e. The Labute approximate surface area is 178 Å². The molecule has 0 unspecified atom stereocenters. The number of methoxy groups -OCH3 is 1. The molecule has 2 aromatic heterocycles. The number of carbonyl (C=O) groups excluding carboxylic acids is 1. The van der Waals surface area contributed by atoms with Gasteiger partial charge in [-0.15, -0.1) is 0 Å². The van der Waals surface area contributed by atoms with Crippen LogP contribution < -0.4 is 10.2 Å². The molecule has 0 spiro atoms. The average Bonchev–Trinajstić information content (AvgIpc) is 2.76. The molecular formula is C24H19ClN2O3. The van der Waals surface area contributed by atoms with Gasteiger partial charge >= 0.3 is 0 Å². The highest BCUT2D eigenvalue weighted by Gasteiger charge is 2.18. The van der Waals surface area contributed by atoms with Crippen LogP contribution in [-0.4, -0.2) is 22.4 Å². The molecule has 2 heterocycles. The molecular weight excluding hydrogens is 400 g/mol. The zero-order chi connectivity index (χ0) is 21.3. The second-order valence-electron chi connectivity index (χ2n) is 7.01. The summed E-state index contributed by atoms with van der Waals surface area (Å²) < 4.78 is 6.98. The number of nitrogens with zero attached hydrogens (tertiary/aromatic N) is 2. The lowest BCUT2D eigenvalue weighted by molar-refractivity contribution is 0.103. The molecule has 0 fully saturated rings. The Kier molecular flexibility index (Phi) is 5.38. The number of aromatic nitrogens is 2. The van der Waals surface area contributed by atoms with Crippen molar-refractivity contribution in [2.75, 3.05) is 7.11 Å². The Morgan fingerprint density at radius 2 is 1.73 bits per heavy atom. The van der Waals surface area contributed by atoms with Gasteiger partial charge in [0.2, 0.25) is 5.43 Å². The number of fused-ring (bicyclic) bond motifs is 1. The topological polar surface area (TPSA) is 61.2 Å². The van der Waals surface area contributed by atoms with Crippen molar-refractivity contribution in [2.24, 2.45) is 0 Å². The Morgan fingerprint density at radius 3 is 2.40 bits per heavy atom. The third kappa shape index (κ3) is 3.84. The summed E-state index contributed by atoms with van der Waals surface area (Å²) in [5.74, 6) is 0.305. The van der Waals surface area contributed by atoms with Crippen LogP contribution in [-0.2, 0) is 6.54 Å². The first-order chi connectivity index (χ1) is 14.5. The van der Waals surface area contributed by atoms with E-state index in [1.165, 1.54) is 0 Å². The normalized spacial score (nSPS) is 10.9. The first-order valence-corrected chi connectivity index (χ1v) is 9.78. The lowest BCUT2D eigenvalue weighted by Crippen LogP contribution is -2.21. The van der Waals surface area contributed by atoms with Crippen LogP contribution in [0.1, 0.15) is 27.2 Å². The van der Waals surface area contributed by atoms with E-state index in [4.69, 9.17) is 16.3 Å². The predicted octanol–water partition coefficient (Wildman–Crippen LogP) is 4.65. The third-order valence-corrected chi connectivity index (χ3v) is 5.18. The smallest absolute Gasteiger partial charge is 0.202 e. The average molecular weight is 419 g/mol. The van der Waals surface area contributed by atoms with E-state index in [1.807, 2.05) is 35.8 Å². The molecule has 150 valence electrons. The van der Waals surface area contributed by atoms with Crippen LogP contribution >= 0.6 is 11.6 Å². The minimum atomic E-state index is -0.338. The highest BCUT2D eigenvalue weighted by molar-refractivity contribution is 6.30. The van der Waals surface area contributed by atoms with Gasteiger partial charge in [0.15, 0.2) is 5.78 Å². The molecule has 4 aromatic rings. The summed E-state index contributed by atoms with van der Waals surface area (Å²) in [7, 11) is 1.56. The molecule has 0 atom stereocenters. The van der Waals surface area contributed by atoms with E-state index in [2.05, 4.69) is 4.98 Å². The number of ether oxygens (including phenoxy) is 1. The second-order valence-corrected chi connectivity index (χ2v) is 7.44. The summed E-state index contributed by atoms with van der Waals surface area (Å²) in [6.45, 7) is 2.32. The number of halogens is 1. The van der Waals surface area contributed by atoms with Crippen molar-refractivity contribution >= 4 is 28.4 Å². The van der Waals surface area contributed by atoms with E-state index in [9.17, 15) is 9.59 Å². The zero-order valence-corrected chi connectivity index (χ0v) is 17.3. The fourth-order valence-electron chi connectivity index (χ4n) is 3.33.